The number of hydrogen-bond donors (Lipinski definition) is 3. The van der Waals surface area contributed by atoms with Gasteiger partial charge in [-0.15, -0.1) is 0 Å². The summed E-state index contributed by atoms with van der Waals surface area (Å²) in [6.07, 6.45) is -0.245. The number of nitrogens with two attached hydrogens (primary N) is 1. The zero-order valence-corrected chi connectivity index (χ0v) is 15.1. The molecule has 0 aliphatic carbocycles. The fourth-order valence-corrected chi connectivity index (χ4v) is 2.88. The second-order valence-corrected chi connectivity index (χ2v) is 6.19. The molecule has 8 nitrogen and oxygen atoms in total. The number of benzene rings is 1. The zero-order chi connectivity index (χ0) is 18.4. The Labute approximate surface area is 151 Å². The van der Waals surface area contributed by atoms with Gasteiger partial charge < -0.3 is 20.4 Å². The number of aliphatic carboxylic acids is 1. The quantitative estimate of drug-likeness (QED) is 0.588. The molecule has 0 radical (unpaired) electrons. The molecule has 4 N–H and O–H groups in total. The Hall–Kier alpha value is -2.20. The summed E-state index contributed by atoms with van der Waals surface area (Å²) in [5.41, 5.74) is 3.73. The van der Waals surface area contributed by atoms with Crippen molar-refractivity contribution in [2.75, 3.05) is 0 Å². The highest BCUT2D eigenvalue weighted by Crippen LogP contribution is 2.27. The van der Waals surface area contributed by atoms with Crippen LogP contribution in [-0.2, 0) is 9.59 Å². The van der Waals surface area contributed by atoms with Gasteiger partial charge in [-0.1, -0.05) is 15.9 Å². The monoisotopic (exact) mass is 463 g/mol. The summed E-state index contributed by atoms with van der Waals surface area (Å²) in [5, 5.41) is 17.3. The molecule has 2 rings (SSSR count). The maximum atomic E-state index is 11.3. The Kier molecular flexibility index (Phi) is 7.11. The lowest BCUT2D eigenvalue weighted by Crippen LogP contribution is -2.12. The van der Waals surface area contributed by atoms with Crippen molar-refractivity contribution in [3.63, 3.8) is 0 Å². The average molecular weight is 465 g/mol. The lowest BCUT2D eigenvalue weighted by atomic mass is 10.2. The molecule has 10 heteroatoms. The van der Waals surface area contributed by atoms with E-state index >= 15 is 0 Å². The van der Waals surface area contributed by atoms with Crippen molar-refractivity contribution < 1.29 is 29.0 Å². The van der Waals surface area contributed by atoms with Gasteiger partial charge in [0, 0.05) is 16.3 Å². The number of halogens is 2. The molecule has 0 aliphatic heterocycles. The Morgan fingerprint density at radius 2 is 1.71 bits per heavy atom. The number of carboxylic acid groups (broad SMARTS) is 2. The molecular formula is C14H11Br2NO7. The summed E-state index contributed by atoms with van der Waals surface area (Å²) < 4.78 is 6.29. The number of amides is 1. The van der Waals surface area contributed by atoms with Crippen LogP contribution in [0.3, 0.4) is 0 Å². The van der Waals surface area contributed by atoms with Crippen molar-refractivity contribution in [3.8, 4) is 0 Å². The van der Waals surface area contributed by atoms with Crippen LogP contribution in [-0.4, -0.2) is 28.1 Å². The predicted molar refractivity (Wildman–Crippen MR) is 90.9 cm³/mol. The molecule has 0 unspecified atom stereocenters. The number of rotatable bonds is 4. The first-order valence-electron chi connectivity index (χ1n) is 6.28. The highest BCUT2D eigenvalue weighted by Gasteiger charge is 2.13. The van der Waals surface area contributed by atoms with Gasteiger partial charge in [0.05, 0.1) is 10.9 Å². The smallest absolute Gasteiger partial charge is 0.351 e. The summed E-state index contributed by atoms with van der Waals surface area (Å²) in [5.74, 6) is -2.87. The molecule has 128 valence electrons. The van der Waals surface area contributed by atoms with Gasteiger partial charge in [-0.2, -0.15) is 0 Å². The van der Waals surface area contributed by atoms with Crippen LogP contribution in [0.15, 0.2) is 36.4 Å². The number of carbonyl (C=O) groups is 3. The molecule has 1 heterocycles. The Morgan fingerprint density at radius 3 is 2.17 bits per heavy atom. The van der Waals surface area contributed by atoms with Crippen molar-refractivity contribution in [2.45, 2.75) is 12.8 Å². The standard InChI is InChI=1S/C10H4Br2O4.C4H7NO3/c11-5-1-4-2-6(9(13)14)10(15)16-8(4)7(12)3-5;5-3(6)1-2-4(7)8/h1-3H,(H,13,14);1-2H2,(H2,5,6)(H,7,8). The van der Waals surface area contributed by atoms with Gasteiger partial charge in [-0.25, -0.2) is 9.59 Å². The van der Waals surface area contributed by atoms with E-state index in [4.69, 9.17) is 14.6 Å². The number of carboxylic acids is 2. The molecule has 0 spiro atoms. The molecular weight excluding hydrogens is 454 g/mol. The first-order chi connectivity index (χ1) is 11.1. The van der Waals surface area contributed by atoms with E-state index in [-0.39, 0.29) is 18.4 Å². The number of hydrogen-bond acceptors (Lipinski definition) is 5. The molecule has 24 heavy (non-hydrogen) atoms. The van der Waals surface area contributed by atoms with E-state index < -0.39 is 23.5 Å². The molecule has 0 saturated carbocycles. The summed E-state index contributed by atoms with van der Waals surface area (Å²) in [6.45, 7) is 0. The zero-order valence-electron chi connectivity index (χ0n) is 11.9. The molecule has 2 aromatic rings. The van der Waals surface area contributed by atoms with Gasteiger partial charge >= 0.3 is 17.6 Å². The van der Waals surface area contributed by atoms with Gasteiger partial charge in [0.15, 0.2) is 5.58 Å². The van der Waals surface area contributed by atoms with E-state index in [1.807, 2.05) is 0 Å². The van der Waals surface area contributed by atoms with Crippen molar-refractivity contribution in [1.82, 2.24) is 0 Å². The van der Waals surface area contributed by atoms with Gasteiger partial charge in [0.2, 0.25) is 5.91 Å². The molecule has 0 saturated heterocycles. The minimum Gasteiger partial charge on any atom is -0.481 e. The Balaban J connectivity index is 0.000000307. The Bertz CT molecular complexity index is 846. The number of aromatic carboxylic acids is 1. The van der Waals surface area contributed by atoms with Crippen molar-refractivity contribution in [3.05, 3.63) is 43.1 Å². The van der Waals surface area contributed by atoms with Gasteiger partial charge in [-0.05, 0) is 34.1 Å². The fraction of sp³-hybridized carbons (Fsp3) is 0.143. The third-order valence-electron chi connectivity index (χ3n) is 2.57. The maximum Gasteiger partial charge on any atom is 0.351 e. The normalized spacial score (nSPS) is 9.92. The van der Waals surface area contributed by atoms with Crippen LogP contribution in [0, 0.1) is 0 Å². The van der Waals surface area contributed by atoms with Crippen LogP contribution in [0.2, 0.25) is 0 Å². The molecule has 0 bridgehead atoms. The second kappa shape index (κ2) is 8.60. The van der Waals surface area contributed by atoms with E-state index in [0.29, 0.717) is 15.4 Å². The van der Waals surface area contributed by atoms with Crippen molar-refractivity contribution >= 4 is 60.7 Å². The number of primary amides is 1. The van der Waals surface area contributed by atoms with E-state index in [2.05, 4.69) is 37.6 Å². The maximum absolute atomic E-state index is 11.3. The minimum absolute atomic E-state index is 0.0741. The highest BCUT2D eigenvalue weighted by atomic mass is 79.9. The molecule has 1 aromatic heterocycles. The minimum atomic E-state index is -1.30. The van der Waals surface area contributed by atoms with E-state index in [1.54, 1.807) is 12.1 Å². The molecule has 1 aromatic carbocycles. The number of fused-ring (bicyclic) bond motifs is 1. The van der Waals surface area contributed by atoms with Crippen LogP contribution in [0.4, 0.5) is 0 Å². The van der Waals surface area contributed by atoms with E-state index in [1.165, 1.54) is 6.07 Å². The van der Waals surface area contributed by atoms with Crippen LogP contribution in [0.5, 0.6) is 0 Å². The topological polar surface area (TPSA) is 148 Å². The summed E-state index contributed by atoms with van der Waals surface area (Å²) in [7, 11) is 0. The predicted octanol–water partition coefficient (Wildman–Crippen LogP) is 2.35. The molecule has 0 atom stereocenters. The van der Waals surface area contributed by atoms with Gasteiger partial charge in [0.1, 0.15) is 5.56 Å². The Morgan fingerprint density at radius 1 is 1.08 bits per heavy atom. The fourth-order valence-electron chi connectivity index (χ4n) is 1.54. The first kappa shape index (κ1) is 19.8. The lowest BCUT2D eigenvalue weighted by Gasteiger charge is -2.01. The summed E-state index contributed by atoms with van der Waals surface area (Å²) >= 11 is 6.50. The van der Waals surface area contributed by atoms with Crippen molar-refractivity contribution in [2.24, 2.45) is 5.73 Å². The van der Waals surface area contributed by atoms with E-state index in [0.717, 1.165) is 4.47 Å². The molecule has 1 amide bonds. The van der Waals surface area contributed by atoms with Gasteiger partial charge in [-0.3, -0.25) is 9.59 Å². The largest absolute Gasteiger partial charge is 0.481 e. The van der Waals surface area contributed by atoms with Gasteiger partial charge in [0.25, 0.3) is 0 Å². The number of carbonyl (C=O) groups excluding carboxylic acids is 1. The van der Waals surface area contributed by atoms with Crippen LogP contribution >= 0.6 is 31.9 Å². The van der Waals surface area contributed by atoms with Crippen LogP contribution in [0.25, 0.3) is 11.0 Å². The highest BCUT2D eigenvalue weighted by molar-refractivity contribution is 9.11. The second-order valence-electron chi connectivity index (χ2n) is 4.42. The van der Waals surface area contributed by atoms with Crippen LogP contribution in [0.1, 0.15) is 23.2 Å². The molecule has 0 fully saturated rings. The molecule has 0 aliphatic rings. The lowest BCUT2D eigenvalue weighted by molar-refractivity contribution is -0.138. The third-order valence-corrected chi connectivity index (χ3v) is 3.61. The van der Waals surface area contributed by atoms with Crippen LogP contribution < -0.4 is 11.4 Å². The summed E-state index contributed by atoms with van der Waals surface area (Å²) in [6, 6.07) is 4.68. The first-order valence-corrected chi connectivity index (χ1v) is 7.86. The summed E-state index contributed by atoms with van der Waals surface area (Å²) in [4.78, 5) is 41.6. The van der Waals surface area contributed by atoms with Crippen molar-refractivity contribution in [1.29, 1.82) is 0 Å². The van der Waals surface area contributed by atoms with E-state index in [9.17, 15) is 19.2 Å². The average Bonchev–Trinajstić information content (AvgIpc) is 2.46. The third kappa shape index (κ3) is 5.78. The SMILES string of the molecule is NC(=O)CCC(=O)O.O=C(O)c1cc2cc(Br)cc(Br)c2oc1=O.